The van der Waals surface area contributed by atoms with Gasteiger partial charge in [-0.25, -0.2) is 0 Å². The fraction of sp³-hybridized carbons (Fsp3) is 0.400. The number of hydrogen-bond donors (Lipinski definition) is 2. The van der Waals surface area contributed by atoms with Gasteiger partial charge in [-0.3, -0.25) is 0 Å². The molecule has 1 aliphatic rings. The maximum atomic E-state index is 5.57. The minimum atomic E-state index is 0.495. The third-order valence-electron chi connectivity index (χ3n) is 3.22. The van der Waals surface area contributed by atoms with Crippen molar-refractivity contribution in [1.29, 1.82) is 0 Å². The second kappa shape index (κ2) is 7.10. The number of fused-ring (bicyclic) bond motifs is 1. The van der Waals surface area contributed by atoms with Crippen molar-refractivity contribution in [3.63, 3.8) is 0 Å². The van der Waals surface area contributed by atoms with Crippen molar-refractivity contribution >= 4 is 17.5 Å². The molecule has 0 saturated carbocycles. The van der Waals surface area contributed by atoms with E-state index in [1.165, 1.54) is 0 Å². The lowest BCUT2D eigenvalue weighted by Crippen LogP contribution is -2.21. The molecule has 0 bridgehead atoms. The highest BCUT2D eigenvalue weighted by Gasteiger charge is 2.12. The highest BCUT2D eigenvalue weighted by molar-refractivity contribution is 5.61. The van der Waals surface area contributed by atoms with Crippen molar-refractivity contribution in [1.82, 2.24) is 20.1 Å². The minimum Gasteiger partial charge on any atom is -0.486 e. The van der Waals surface area contributed by atoms with E-state index in [0.717, 1.165) is 30.3 Å². The summed E-state index contributed by atoms with van der Waals surface area (Å²) in [6.45, 7) is 2.79. The van der Waals surface area contributed by atoms with Crippen LogP contribution in [0.2, 0.25) is 0 Å². The van der Waals surface area contributed by atoms with Gasteiger partial charge in [0.2, 0.25) is 5.95 Å². The van der Waals surface area contributed by atoms with Crippen LogP contribution >= 0.6 is 0 Å². The summed E-state index contributed by atoms with van der Waals surface area (Å²) >= 11 is 0. The fourth-order valence-electron chi connectivity index (χ4n) is 2.10. The number of benzene rings is 1. The Balaban J connectivity index is 1.65. The van der Waals surface area contributed by atoms with E-state index in [1.807, 2.05) is 32.3 Å². The SMILES string of the molecule is CN(C)CCNc1nncc(Nc2ccc3c(c2)OCCO3)n1. The maximum absolute atomic E-state index is 5.57. The molecule has 2 aromatic rings. The molecule has 0 unspecified atom stereocenters. The van der Waals surface area contributed by atoms with Gasteiger partial charge in [-0.15, -0.1) is 5.10 Å². The average Bonchev–Trinajstić information content (AvgIpc) is 2.55. The van der Waals surface area contributed by atoms with E-state index in [1.54, 1.807) is 6.20 Å². The Bertz CT molecular complexity index is 664. The van der Waals surface area contributed by atoms with Crippen LogP contribution in [0.4, 0.5) is 17.5 Å². The number of aromatic nitrogens is 3. The van der Waals surface area contributed by atoms with Crippen molar-refractivity contribution in [3.8, 4) is 11.5 Å². The molecule has 8 heteroatoms. The lowest BCUT2D eigenvalue weighted by molar-refractivity contribution is 0.171. The first-order chi connectivity index (χ1) is 11.2. The average molecular weight is 316 g/mol. The van der Waals surface area contributed by atoms with Gasteiger partial charge >= 0.3 is 0 Å². The molecule has 0 atom stereocenters. The Morgan fingerprint density at radius 2 is 2.00 bits per heavy atom. The van der Waals surface area contributed by atoms with E-state index >= 15 is 0 Å². The Labute approximate surface area is 134 Å². The number of anilines is 3. The molecule has 0 amide bonds. The molecule has 23 heavy (non-hydrogen) atoms. The summed E-state index contributed by atoms with van der Waals surface area (Å²) in [7, 11) is 4.03. The number of likely N-dealkylation sites (N-methyl/N-ethyl adjacent to an activating group) is 1. The summed E-state index contributed by atoms with van der Waals surface area (Å²) in [4.78, 5) is 6.47. The lowest BCUT2D eigenvalue weighted by atomic mass is 10.2. The highest BCUT2D eigenvalue weighted by Crippen LogP contribution is 2.33. The topological polar surface area (TPSA) is 84.4 Å². The molecule has 122 valence electrons. The van der Waals surface area contributed by atoms with Crippen LogP contribution in [0.25, 0.3) is 0 Å². The number of ether oxygens (including phenoxy) is 2. The molecule has 0 saturated heterocycles. The smallest absolute Gasteiger partial charge is 0.244 e. The van der Waals surface area contributed by atoms with Crippen molar-refractivity contribution in [3.05, 3.63) is 24.4 Å². The van der Waals surface area contributed by atoms with E-state index in [9.17, 15) is 0 Å². The summed E-state index contributed by atoms with van der Waals surface area (Å²) in [6.07, 6.45) is 1.58. The van der Waals surface area contributed by atoms with Crippen LogP contribution in [0, 0.1) is 0 Å². The van der Waals surface area contributed by atoms with Crippen LogP contribution in [0.15, 0.2) is 24.4 Å². The first-order valence-corrected chi connectivity index (χ1v) is 7.46. The summed E-state index contributed by atoms with van der Waals surface area (Å²) in [5.74, 6) is 2.60. The fourth-order valence-corrected chi connectivity index (χ4v) is 2.10. The molecule has 1 aromatic carbocycles. The molecule has 1 aromatic heterocycles. The minimum absolute atomic E-state index is 0.495. The molecule has 0 spiro atoms. The van der Waals surface area contributed by atoms with Gasteiger partial charge in [-0.2, -0.15) is 10.1 Å². The first-order valence-electron chi connectivity index (χ1n) is 7.46. The largest absolute Gasteiger partial charge is 0.486 e. The van der Waals surface area contributed by atoms with Gasteiger partial charge in [0.05, 0.1) is 6.20 Å². The quantitative estimate of drug-likeness (QED) is 0.826. The molecule has 8 nitrogen and oxygen atoms in total. The van der Waals surface area contributed by atoms with Crippen molar-refractivity contribution in [2.24, 2.45) is 0 Å². The second-order valence-electron chi connectivity index (χ2n) is 5.38. The zero-order chi connectivity index (χ0) is 16.1. The number of rotatable bonds is 6. The summed E-state index contributed by atoms with van der Waals surface area (Å²) in [5.41, 5.74) is 0.856. The lowest BCUT2D eigenvalue weighted by Gasteiger charge is -2.19. The second-order valence-corrected chi connectivity index (χ2v) is 5.38. The van der Waals surface area contributed by atoms with Gasteiger partial charge in [0.15, 0.2) is 17.3 Å². The predicted octanol–water partition coefficient (Wildman–Crippen LogP) is 1.36. The van der Waals surface area contributed by atoms with Gasteiger partial charge in [0.1, 0.15) is 13.2 Å². The zero-order valence-corrected chi connectivity index (χ0v) is 13.2. The van der Waals surface area contributed by atoms with Gasteiger partial charge < -0.3 is 25.0 Å². The van der Waals surface area contributed by atoms with Crippen LogP contribution in [0.3, 0.4) is 0 Å². The summed E-state index contributed by atoms with van der Waals surface area (Å²) < 4.78 is 11.1. The molecule has 0 radical (unpaired) electrons. The van der Waals surface area contributed by atoms with Crippen molar-refractivity contribution in [2.45, 2.75) is 0 Å². The standard InChI is InChI=1S/C15H20N6O2/c1-21(2)6-5-16-15-19-14(10-17-20-15)18-11-3-4-12-13(9-11)23-8-7-22-12/h3-4,9-10H,5-8H2,1-2H3,(H2,16,18,19,20). The van der Waals surface area contributed by atoms with Gasteiger partial charge in [0, 0.05) is 24.8 Å². The van der Waals surface area contributed by atoms with Gasteiger partial charge in [-0.1, -0.05) is 0 Å². The molecule has 0 aliphatic carbocycles. The van der Waals surface area contributed by atoms with E-state index in [0.29, 0.717) is 25.0 Å². The van der Waals surface area contributed by atoms with Crippen LogP contribution in [-0.4, -0.2) is 60.5 Å². The van der Waals surface area contributed by atoms with Crippen LogP contribution < -0.4 is 20.1 Å². The molecule has 0 fully saturated rings. The predicted molar refractivity (Wildman–Crippen MR) is 87.6 cm³/mol. The molecule has 1 aliphatic heterocycles. The Kier molecular flexibility index (Phi) is 4.72. The zero-order valence-electron chi connectivity index (χ0n) is 13.2. The molecular formula is C15H20N6O2. The van der Waals surface area contributed by atoms with E-state index < -0.39 is 0 Å². The van der Waals surface area contributed by atoms with E-state index in [4.69, 9.17) is 9.47 Å². The monoisotopic (exact) mass is 316 g/mol. The molecule has 2 heterocycles. The third kappa shape index (κ3) is 4.19. The van der Waals surface area contributed by atoms with Crippen LogP contribution in [0.1, 0.15) is 0 Å². The van der Waals surface area contributed by atoms with Gasteiger partial charge in [0.25, 0.3) is 0 Å². The molecule has 2 N–H and O–H groups in total. The van der Waals surface area contributed by atoms with E-state index in [2.05, 4.69) is 30.7 Å². The highest BCUT2D eigenvalue weighted by atomic mass is 16.6. The number of nitrogens with one attached hydrogen (secondary N) is 2. The maximum Gasteiger partial charge on any atom is 0.244 e. The molecular weight excluding hydrogens is 296 g/mol. The Hall–Kier alpha value is -2.61. The van der Waals surface area contributed by atoms with Crippen molar-refractivity contribution < 1.29 is 9.47 Å². The van der Waals surface area contributed by atoms with Crippen LogP contribution in [0.5, 0.6) is 11.5 Å². The Morgan fingerprint density at radius 3 is 2.83 bits per heavy atom. The van der Waals surface area contributed by atoms with E-state index in [-0.39, 0.29) is 0 Å². The summed E-state index contributed by atoms with van der Waals surface area (Å²) in [5, 5.41) is 14.3. The van der Waals surface area contributed by atoms with Gasteiger partial charge in [-0.05, 0) is 26.2 Å². The number of hydrogen-bond acceptors (Lipinski definition) is 8. The summed E-state index contributed by atoms with van der Waals surface area (Å²) in [6, 6.07) is 5.67. The van der Waals surface area contributed by atoms with Crippen LogP contribution in [-0.2, 0) is 0 Å². The third-order valence-corrected chi connectivity index (χ3v) is 3.22. The van der Waals surface area contributed by atoms with Crippen molar-refractivity contribution in [2.75, 3.05) is 51.0 Å². The normalized spacial score (nSPS) is 13.0. The number of nitrogens with zero attached hydrogens (tertiary/aromatic N) is 4. The molecule has 3 rings (SSSR count). The Morgan fingerprint density at radius 1 is 1.17 bits per heavy atom. The first kappa shape index (κ1) is 15.3.